The molecule has 2 heterocycles. The largest absolute Gasteiger partial charge is 0.505 e. The Morgan fingerprint density at radius 1 is 1.30 bits per heavy atom. The molecule has 1 aliphatic heterocycles. The number of pyridine rings is 1. The molecule has 5 nitrogen and oxygen atoms in total. The molecule has 0 fully saturated rings. The molecule has 1 amide bonds. The van der Waals surface area contributed by atoms with Crippen LogP contribution in [0.1, 0.15) is 15.9 Å². The lowest BCUT2D eigenvalue weighted by Crippen LogP contribution is -2.32. The molecule has 0 saturated heterocycles. The molecule has 1 aliphatic rings. The van der Waals surface area contributed by atoms with Gasteiger partial charge in [-0.15, -0.1) is 0 Å². The first-order valence-electron chi connectivity index (χ1n) is 6.38. The Hall–Kier alpha value is -2.56. The van der Waals surface area contributed by atoms with E-state index in [1.54, 1.807) is 4.90 Å². The van der Waals surface area contributed by atoms with E-state index in [1.165, 1.54) is 18.5 Å². The predicted molar refractivity (Wildman–Crippen MR) is 72.6 cm³/mol. The number of rotatable bonds is 1. The molecular weight excluding hydrogens is 256 g/mol. The van der Waals surface area contributed by atoms with Crippen LogP contribution in [0.15, 0.2) is 42.7 Å². The lowest BCUT2D eigenvalue weighted by molar-refractivity contribution is 0.0730. The summed E-state index contributed by atoms with van der Waals surface area (Å²) in [5, 5.41) is 9.74. The number of nitrogens with zero attached hydrogens (tertiary/aromatic N) is 2. The van der Waals surface area contributed by atoms with E-state index in [9.17, 15) is 9.90 Å². The maximum absolute atomic E-state index is 12.5. The molecular formula is C15H14N2O3. The molecule has 1 N–H and O–H groups in total. The van der Waals surface area contributed by atoms with Gasteiger partial charge in [-0.1, -0.05) is 18.2 Å². The minimum atomic E-state index is -0.217. The third kappa shape index (κ3) is 2.30. The zero-order valence-corrected chi connectivity index (χ0v) is 10.8. The first kappa shape index (κ1) is 12.5. The summed E-state index contributed by atoms with van der Waals surface area (Å²) >= 11 is 0. The number of amides is 1. The van der Waals surface area contributed by atoms with Crippen LogP contribution in [0.3, 0.4) is 0 Å². The van der Waals surface area contributed by atoms with Crippen molar-refractivity contribution >= 4 is 5.91 Å². The molecule has 5 heteroatoms. The minimum absolute atomic E-state index is 0.101. The van der Waals surface area contributed by atoms with Crippen molar-refractivity contribution < 1.29 is 14.6 Å². The van der Waals surface area contributed by atoms with E-state index in [1.807, 2.05) is 24.3 Å². The third-order valence-corrected chi connectivity index (χ3v) is 3.27. The van der Waals surface area contributed by atoms with E-state index in [-0.39, 0.29) is 17.2 Å². The van der Waals surface area contributed by atoms with E-state index >= 15 is 0 Å². The molecule has 0 unspecified atom stereocenters. The highest BCUT2D eigenvalue weighted by Crippen LogP contribution is 2.24. The van der Waals surface area contributed by atoms with Crippen molar-refractivity contribution in [2.24, 2.45) is 0 Å². The Morgan fingerprint density at radius 3 is 3.00 bits per heavy atom. The second kappa shape index (κ2) is 5.21. The highest BCUT2D eigenvalue weighted by atomic mass is 16.5. The Bertz CT molecular complexity index is 643. The van der Waals surface area contributed by atoms with Crippen LogP contribution in [-0.4, -0.2) is 34.0 Å². The smallest absolute Gasteiger partial charge is 0.258 e. The summed E-state index contributed by atoms with van der Waals surface area (Å²) in [6.07, 6.45) is 2.77. The van der Waals surface area contributed by atoms with Crippen LogP contribution in [0, 0.1) is 0 Å². The Balaban J connectivity index is 1.88. The Labute approximate surface area is 116 Å². The van der Waals surface area contributed by atoms with Gasteiger partial charge in [-0.3, -0.25) is 9.78 Å². The van der Waals surface area contributed by atoms with E-state index in [0.29, 0.717) is 19.7 Å². The van der Waals surface area contributed by atoms with Gasteiger partial charge in [-0.2, -0.15) is 0 Å². The average Bonchev–Trinajstić information content (AvgIpc) is 2.69. The molecule has 0 atom stereocenters. The molecule has 0 saturated carbocycles. The van der Waals surface area contributed by atoms with Gasteiger partial charge in [0.25, 0.3) is 5.91 Å². The highest BCUT2D eigenvalue weighted by molar-refractivity contribution is 5.96. The number of para-hydroxylation sites is 1. The summed E-state index contributed by atoms with van der Waals surface area (Å²) in [4.78, 5) is 17.9. The van der Waals surface area contributed by atoms with Crippen molar-refractivity contribution in [2.75, 3.05) is 13.2 Å². The molecule has 3 rings (SSSR count). The average molecular weight is 270 g/mol. The summed E-state index contributed by atoms with van der Waals surface area (Å²) < 4.78 is 5.63. The normalized spacial score (nSPS) is 14.1. The van der Waals surface area contributed by atoms with Gasteiger partial charge in [0, 0.05) is 18.3 Å². The van der Waals surface area contributed by atoms with Gasteiger partial charge in [0.05, 0.1) is 18.3 Å². The number of benzene rings is 1. The van der Waals surface area contributed by atoms with E-state index in [2.05, 4.69) is 4.98 Å². The molecule has 102 valence electrons. The van der Waals surface area contributed by atoms with Crippen molar-refractivity contribution in [1.82, 2.24) is 9.88 Å². The van der Waals surface area contributed by atoms with Crippen molar-refractivity contribution in [3.05, 3.63) is 53.9 Å². The lowest BCUT2D eigenvalue weighted by atomic mass is 10.1. The predicted octanol–water partition coefficient (Wildman–Crippen LogP) is 1.82. The molecule has 20 heavy (non-hydrogen) atoms. The molecule has 0 spiro atoms. The highest BCUT2D eigenvalue weighted by Gasteiger charge is 2.22. The summed E-state index contributed by atoms with van der Waals surface area (Å²) in [5.74, 6) is 0.489. The number of ether oxygens (including phenoxy) is 1. The molecule has 0 bridgehead atoms. The maximum Gasteiger partial charge on any atom is 0.258 e. The van der Waals surface area contributed by atoms with Crippen LogP contribution in [0.25, 0.3) is 0 Å². The van der Waals surface area contributed by atoms with Gasteiger partial charge < -0.3 is 14.7 Å². The van der Waals surface area contributed by atoms with Crippen molar-refractivity contribution in [3.8, 4) is 11.5 Å². The fourth-order valence-corrected chi connectivity index (χ4v) is 2.24. The van der Waals surface area contributed by atoms with Crippen LogP contribution in [0.5, 0.6) is 11.5 Å². The lowest BCUT2D eigenvalue weighted by Gasteiger charge is -2.20. The van der Waals surface area contributed by atoms with Crippen molar-refractivity contribution in [1.29, 1.82) is 0 Å². The second-order valence-corrected chi connectivity index (χ2v) is 4.58. The van der Waals surface area contributed by atoms with Crippen LogP contribution in [0.4, 0.5) is 0 Å². The van der Waals surface area contributed by atoms with E-state index < -0.39 is 0 Å². The number of fused-ring (bicyclic) bond motifs is 1. The zero-order chi connectivity index (χ0) is 13.9. The first-order valence-corrected chi connectivity index (χ1v) is 6.38. The molecule has 1 aromatic carbocycles. The molecule has 1 aromatic heterocycles. The zero-order valence-electron chi connectivity index (χ0n) is 10.8. The van der Waals surface area contributed by atoms with Gasteiger partial charge in [-0.25, -0.2) is 0 Å². The molecule has 0 aliphatic carbocycles. The monoisotopic (exact) mass is 270 g/mol. The van der Waals surface area contributed by atoms with Gasteiger partial charge in [0.15, 0.2) is 0 Å². The standard InChI is InChI=1S/C15H14N2O3/c18-13-9-16-6-5-12(13)15(19)17-7-8-20-14-4-2-1-3-11(14)10-17/h1-6,9,18H,7-8,10H2. The Kier molecular flexibility index (Phi) is 3.25. The summed E-state index contributed by atoms with van der Waals surface area (Å²) in [5.41, 5.74) is 1.23. The SMILES string of the molecule is O=C(c1ccncc1O)N1CCOc2ccccc2C1. The topological polar surface area (TPSA) is 62.7 Å². The van der Waals surface area contributed by atoms with Gasteiger partial charge in [0.1, 0.15) is 18.1 Å². The van der Waals surface area contributed by atoms with Crippen LogP contribution < -0.4 is 4.74 Å². The Morgan fingerprint density at radius 2 is 2.15 bits per heavy atom. The fraction of sp³-hybridized carbons (Fsp3) is 0.200. The van der Waals surface area contributed by atoms with E-state index in [4.69, 9.17) is 4.74 Å². The van der Waals surface area contributed by atoms with Gasteiger partial charge >= 0.3 is 0 Å². The van der Waals surface area contributed by atoms with Crippen LogP contribution in [0.2, 0.25) is 0 Å². The molecule has 0 radical (unpaired) electrons. The number of hydrogen-bond acceptors (Lipinski definition) is 4. The number of aromatic hydroxyl groups is 1. The maximum atomic E-state index is 12.5. The number of carbonyl (C=O) groups is 1. The van der Waals surface area contributed by atoms with Gasteiger partial charge in [-0.05, 0) is 12.1 Å². The summed E-state index contributed by atoms with van der Waals surface area (Å²) in [6, 6.07) is 9.18. The fourth-order valence-electron chi connectivity index (χ4n) is 2.24. The van der Waals surface area contributed by atoms with Crippen molar-refractivity contribution in [2.45, 2.75) is 6.54 Å². The summed E-state index contributed by atoms with van der Waals surface area (Å²) in [7, 11) is 0. The first-order chi connectivity index (χ1) is 9.75. The molecule has 2 aromatic rings. The number of aromatic nitrogens is 1. The van der Waals surface area contributed by atoms with Crippen LogP contribution >= 0.6 is 0 Å². The number of carbonyl (C=O) groups excluding carboxylic acids is 1. The quantitative estimate of drug-likeness (QED) is 0.858. The van der Waals surface area contributed by atoms with Crippen LogP contribution in [-0.2, 0) is 6.54 Å². The van der Waals surface area contributed by atoms with Gasteiger partial charge in [0.2, 0.25) is 0 Å². The minimum Gasteiger partial charge on any atom is -0.505 e. The second-order valence-electron chi connectivity index (χ2n) is 4.58. The van der Waals surface area contributed by atoms with Crippen molar-refractivity contribution in [3.63, 3.8) is 0 Å². The third-order valence-electron chi connectivity index (χ3n) is 3.27. The number of hydrogen-bond donors (Lipinski definition) is 1. The summed E-state index contributed by atoms with van der Waals surface area (Å²) in [6.45, 7) is 1.39. The van der Waals surface area contributed by atoms with E-state index in [0.717, 1.165) is 11.3 Å².